The fourth-order valence-corrected chi connectivity index (χ4v) is 8.64. The number of primary amides is 1. The predicted octanol–water partition coefficient (Wildman–Crippen LogP) is 4.40. The van der Waals surface area contributed by atoms with Gasteiger partial charge >= 0.3 is 0 Å². The van der Waals surface area contributed by atoms with Crippen molar-refractivity contribution in [2.45, 2.75) is 119 Å². The van der Waals surface area contributed by atoms with Crippen LogP contribution in [0.15, 0.2) is 0 Å². The summed E-state index contributed by atoms with van der Waals surface area (Å²) in [6.07, 6.45) is 2.27. The van der Waals surface area contributed by atoms with Gasteiger partial charge in [-0.1, -0.05) is 61.3 Å². The first-order valence-corrected chi connectivity index (χ1v) is 18.0. The Balaban J connectivity index is 1.82. The van der Waals surface area contributed by atoms with E-state index in [1.54, 1.807) is 25.7 Å². The van der Waals surface area contributed by atoms with Crippen LogP contribution in [0.4, 0.5) is 0 Å². The standard InChI is InChI=1S/C34H56N2O7S/c1-19(2)22(18-44(42,43)33(6,7)8)14-23(37)16-24(32(3,4)5)31(41)36-17-25-27(34(25,9)10)28(36)26(38)15-21(13-20-11-12-20)29(39)30(35)40/h19-22,24-25,27-28H,11-18H2,1-10H3,(H2,35,40)/t21?,22-,24-,25?,27+,28-/m1/s1. The van der Waals surface area contributed by atoms with E-state index in [1.165, 1.54) is 0 Å². The number of nitrogens with zero attached hydrogens (tertiary/aromatic N) is 1. The van der Waals surface area contributed by atoms with Crippen molar-refractivity contribution in [3.05, 3.63) is 0 Å². The van der Waals surface area contributed by atoms with E-state index in [2.05, 4.69) is 13.8 Å². The number of hydrogen-bond acceptors (Lipinski definition) is 7. The van der Waals surface area contributed by atoms with Crippen molar-refractivity contribution < 1.29 is 32.4 Å². The Bertz CT molecular complexity index is 1270. The summed E-state index contributed by atoms with van der Waals surface area (Å²) in [6.45, 7) is 19.1. The van der Waals surface area contributed by atoms with Gasteiger partial charge in [-0.2, -0.15) is 0 Å². The Labute approximate surface area is 264 Å². The molecular weight excluding hydrogens is 580 g/mol. The Morgan fingerprint density at radius 2 is 1.50 bits per heavy atom. The Kier molecular flexibility index (Phi) is 10.4. The first-order chi connectivity index (χ1) is 19.9. The Hall–Kier alpha value is -2.10. The largest absolute Gasteiger partial charge is 0.363 e. The molecule has 0 aromatic rings. The summed E-state index contributed by atoms with van der Waals surface area (Å²) in [7, 11) is -3.45. The lowest BCUT2D eigenvalue weighted by atomic mass is 9.75. The number of Topliss-reactive ketones (excluding diaryl/α,β-unsaturated/α-hetero) is 3. The highest BCUT2D eigenvalue weighted by atomic mass is 32.2. The van der Waals surface area contributed by atoms with Gasteiger partial charge in [-0.3, -0.25) is 24.0 Å². The number of sulfone groups is 1. The third kappa shape index (κ3) is 8.00. The van der Waals surface area contributed by atoms with E-state index in [1.807, 2.05) is 34.6 Å². The fourth-order valence-electron chi connectivity index (χ4n) is 7.07. The fraction of sp³-hybridized carbons (Fsp3) is 0.853. The average Bonchev–Trinajstić information content (AvgIpc) is 3.71. The van der Waals surface area contributed by atoms with Gasteiger partial charge < -0.3 is 10.6 Å². The van der Waals surface area contributed by atoms with Crippen molar-refractivity contribution in [1.29, 1.82) is 0 Å². The highest BCUT2D eigenvalue weighted by molar-refractivity contribution is 7.92. The Morgan fingerprint density at radius 1 is 0.932 bits per heavy atom. The quantitative estimate of drug-likeness (QED) is 0.262. The molecule has 3 aliphatic rings. The summed E-state index contributed by atoms with van der Waals surface area (Å²) < 4.78 is 25.0. The smallest absolute Gasteiger partial charge is 0.285 e. The monoisotopic (exact) mass is 636 g/mol. The molecule has 2 aliphatic carbocycles. The lowest BCUT2D eigenvalue weighted by molar-refractivity contribution is -0.148. The van der Waals surface area contributed by atoms with Crippen LogP contribution in [0.25, 0.3) is 0 Å². The third-order valence-corrected chi connectivity index (χ3v) is 13.5. The number of hydrogen-bond donors (Lipinski definition) is 1. The molecule has 0 bridgehead atoms. The highest BCUT2D eigenvalue weighted by Gasteiger charge is 2.69. The van der Waals surface area contributed by atoms with E-state index in [9.17, 15) is 32.4 Å². The number of amides is 2. The van der Waals surface area contributed by atoms with Crippen LogP contribution in [-0.4, -0.2) is 65.6 Å². The number of fused-ring (bicyclic) bond motifs is 1. The van der Waals surface area contributed by atoms with E-state index < -0.39 is 49.6 Å². The molecule has 6 atom stereocenters. The second kappa shape index (κ2) is 12.6. The van der Waals surface area contributed by atoms with Gasteiger partial charge in [0.25, 0.3) is 5.91 Å². The van der Waals surface area contributed by atoms with E-state index in [0.29, 0.717) is 18.9 Å². The van der Waals surface area contributed by atoms with Gasteiger partial charge in [0.1, 0.15) is 5.78 Å². The second-order valence-electron chi connectivity index (χ2n) is 16.9. The third-order valence-electron chi connectivity index (χ3n) is 10.8. The summed E-state index contributed by atoms with van der Waals surface area (Å²) in [5.41, 5.74) is 4.60. The van der Waals surface area contributed by atoms with Gasteiger partial charge in [-0.25, -0.2) is 8.42 Å². The second-order valence-corrected chi connectivity index (χ2v) is 19.7. The van der Waals surface area contributed by atoms with Crippen LogP contribution in [0.2, 0.25) is 0 Å². The maximum atomic E-state index is 14.3. The molecule has 0 radical (unpaired) electrons. The van der Waals surface area contributed by atoms with Gasteiger partial charge in [0.15, 0.2) is 15.6 Å². The molecule has 2 unspecified atom stereocenters. The van der Waals surface area contributed by atoms with E-state index >= 15 is 0 Å². The number of carbonyl (C=O) groups excluding carboxylic acids is 5. The van der Waals surface area contributed by atoms with Crippen LogP contribution < -0.4 is 5.73 Å². The zero-order valence-electron chi connectivity index (χ0n) is 28.6. The highest BCUT2D eigenvalue weighted by Crippen LogP contribution is 2.65. The molecule has 2 N–H and O–H groups in total. The molecular formula is C34H56N2O7S. The normalized spacial score (nSPS) is 25.2. The summed E-state index contributed by atoms with van der Waals surface area (Å²) in [4.78, 5) is 67.8. The van der Waals surface area contributed by atoms with Crippen molar-refractivity contribution in [2.24, 2.45) is 58.0 Å². The zero-order chi connectivity index (χ0) is 33.7. The number of piperidine rings is 1. The van der Waals surface area contributed by atoms with Crippen molar-refractivity contribution in [1.82, 2.24) is 4.90 Å². The number of ketones is 3. The topological polar surface area (TPSA) is 149 Å². The van der Waals surface area contributed by atoms with E-state index in [-0.39, 0.29) is 71.6 Å². The number of nitrogens with two attached hydrogens (primary N) is 1. The van der Waals surface area contributed by atoms with Crippen LogP contribution >= 0.6 is 0 Å². The van der Waals surface area contributed by atoms with Crippen LogP contribution in [0, 0.1) is 52.3 Å². The molecule has 10 heteroatoms. The molecule has 0 aromatic heterocycles. The summed E-state index contributed by atoms with van der Waals surface area (Å²) in [6, 6.07) is -0.717. The molecule has 250 valence electrons. The maximum Gasteiger partial charge on any atom is 0.285 e. The number of likely N-dealkylation sites (tertiary alicyclic amines) is 1. The van der Waals surface area contributed by atoms with Crippen molar-refractivity contribution in [2.75, 3.05) is 12.3 Å². The minimum atomic E-state index is -3.45. The van der Waals surface area contributed by atoms with Crippen LogP contribution in [-0.2, 0) is 33.8 Å². The molecule has 3 rings (SSSR count). The molecule has 0 spiro atoms. The molecule has 3 fully saturated rings. The van der Waals surface area contributed by atoms with Crippen molar-refractivity contribution in [3.63, 3.8) is 0 Å². The van der Waals surface area contributed by atoms with Gasteiger partial charge in [0.2, 0.25) is 11.7 Å². The molecule has 1 heterocycles. The average molecular weight is 637 g/mol. The van der Waals surface area contributed by atoms with Gasteiger partial charge in [0.05, 0.1) is 16.5 Å². The van der Waals surface area contributed by atoms with E-state index in [4.69, 9.17) is 5.73 Å². The summed E-state index contributed by atoms with van der Waals surface area (Å²) in [5, 5.41) is 0. The molecule has 9 nitrogen and oxygen atoms in total. The molecule has 2 amide bonds. The predicted molar refractivity (Wildman–Crippen MR) is 170 cm³/mol. The first-order valence-electron chi connectivity index (χ1n) is 16.3. The number of rotatable bonds is 15. The minimum absolute atomic E-state index is 0.0400. The minimum Gasteiger partial charge on any atom is -0.363 e. The number of carbonyl (C=O) groups is 5. The van der Waals surface area contributed by atoms with Gasteiger partial charge in [-0.15, -0.1) is 0 Å². The van der Waals surface area contributed by atoms with Crippen LogP contribution in [0.5, 0.6) is 0 Å². The Morgan fingerprint density at radius 3 is 1.95 bits per heavy atom. The maximum absolute atomic E-state index is 14.3. The molecule has 1 aliphatic heterocycles. The first kappa shape index (κ1) is 36.4. The molecule has 44 heavy (non-hydrogen) atoms. The van der Waals surface area contributed by atoms with E-state index in [0.717, 1.165) is 12.8 Å². The lowest BCUT2D eigenvalue weighted by Crippen LogP contribution is -2.51. The lowest BCUT2D eigenvalue weighted by Gasteiger charge is -2.37. The van der Waals surface area contributed by atoms with Crippen LogP contribution in [0.3, 0.4) is 0 Å². The summed E-state index contributed by atoms with van der Waals surface area (Å²) in [5.74, 6) is -3.98. The van der Waals surface area contributed by atoms with Gasteiger partial charge in [-0.05, 0) is 67.6 Å². The summed E-state index contributed by atoms with van der Waals surface area (Å²) >= 11 is 0. The zero-order valence-corrected chi connectivity index (χ0v) is 29.4. The van der Waals surface area contributed by atoms with Gasteiger partial charge in [0, 0.05) is 37.6 Å². The SMILES string of the molecule is CC(C)[C@H](CC(=O)C[C@H](C(=O)N1CC2[C@@H]([C@H]1C(=O)CC(CC1CC1)C(=O)C(N)=O)C2(C)C)C(C)(C)C)CS(=O)(=O)C(C)(C)C. The molecule has 1 saturated heterocycles. The molecule has 2 saturated carbocycles. The molecule has 0 aromatic carbocycles. The van der Waals surface area contributed by atoms with Crippen molar-refractivity contribution in [3.8, 4) is 0 Å². The van der Waals surface area contributed by atoms with Crippen molar-refractivity contribution >= 4 is 39.0 Å². The van der Waals surface area contributed by atoms with Crippen LogP contribution in [0.1, 0.15) is 108 Å².